The summed E-state index contributed by atoms with van der Waals surface area (Å²) in [5.41, 5.74) is 1.01. The second-order valence-electron chi connectivity index (χ2n) is 6.08. The smallest absolute Gasteiger partial charge is 0.262 e. The zero-order valence-corrected chi connectivity index (χ0v) is 15.2. The molecule has 1 unspecified atom stereocenters. The van der Waals surface area contributed by atoms with Crippen molar-refractivity contribution >= 4 is 27.5 Å². The predicted molar refractivity (Wildman–Crippen MR) is 101 cm³/mol. The largest absolute Gasteiger partial charge is 0.354 e. The number of rotatable bonds is 6. The number of benzene rings is 1. The van der Waals surface area contributed by atoms with Gasteiger partial charge in [-0.2, -0.15) is 0 Å². The van der Waals surface area contributed by atoms with Crippen LogP contribution in [-0.4, -0.2) is 22.0 Å². The summed E-state index contributed by atoms with van der Waals surface area (Å²) in [6.07, 6.45) is 2.33. The molecular formula is C19H21N3O2S. The summed E-state index contributed by atoms with van der Waals surface area (Å²) in [7, 11) is 0. The number of thiophene rings is 1. The fourth-order valence-electron chi connectivity index (χ4n) is 2.67. The van der Waals surface area contributed by atoms with Gasteiger partial charge in [-0.1, -0.05) is 44.2 Å². The van der Waals surface area contributed by atoms with E-state index < -0.39 is 0 Å². The first-order valence-electron chi connectivity index (χ1n) is 8.38. The molecule has 0 saturated carbocycles. The minimum Gasteiger partial charge on any atom is -0.354 e. The Hall–Kier alpha value is -2.47. The van der Waals surface area contributed by atoms with Gasteiger partial charge in [0.15, 0.2) is 0 Å². The van der Waals surface area contributed by atoms with Gasteiger partial charge in [0.05, 0.1) is 11.7 Å². The van der Waals surface area contributed by atoms with Gasteiger partial charge in [0.2, 0.25) is 5.91 Å². The summed E-state index contributed by atoms with van der Waals surface area (Å²) >= 11 is 1.53. The van der Waals surface area contributed by atoms with E-state index in [-0.39, 0.29) is 23.9 Å². The number of aromatic nitrogens is 2. The Labute approximate surface area is 150 Å². The third-order valence-electron chi connectivity index (χ3n) is 4.21. The molecule has 0 aliphatic heterocycles. The summed E-state index contributed by atoms with van der Waals surface area (Å²) in [6, 6.07) is 11.9. The van der Waals surface area contributed by atoms with Crippen molar-refractivity contribution < 1.29 is 4.79 Å². The zero-order valence-electron chi connectivity index (χ0n) is 14.4. The average molecular weight is 355 g/mol. The highest BCUT2D eigenvalue weighted by molar-refractivity contribution is 7.18. The van der Waals surface area contributed by atoms with E-state index in [0.29, 0.717) is 11.9 Å². The lowest BCUT2D eigenvalue weighted by Gasteiger charge is -2.13. The molecule has 2 aromatic heterocycles. The van der Waals surface area contributed by atoms with Crippen LogP contribution in [0.5, 0.6) is 0 Å². The molecule has 0 saturated heterocycles. The molecule has 0 bridgehead atoms. The maximum atomic E-state index is 12.5. The molecule has 1 amide bonds. The van der Waals surface area contributed by atoms with Crippen LogP contribution < -0.4 is 10.9 Å². The van der Waals surface area contributed by atoms with E-state index in [0.717, 1.165) is 16.1 Å². The van der Waals surface area contributed by atoms with Gasteiger partial charge in [-0.05, 0) is 24.0 Å². The number of nitrogens with zero attached hydrogens (tertiary/aromatic N) is 2. The quantitative estimate of drug-likeness (QED) is 0.739. The number of fused-ring (bicyclic) bond motifs is 1. The SMILES string of the molecule is CCc1cc2c(=O)n(CC(=O)NCC(C)c3ccccc3)cnc2s1. The third kappa shape index (κ3) is 3.96. The number of carbonyl (C=O) groups is 1. The maximum Gasteiger partial charge on any atom is 0.262 e. The van der Waals surface area contributed by atoms with Crippen LogP contribution >= 0.6 is 11.3 Å². The van der Waals surface area contributed by atoms with Crippen LogP contribution in [0.2, 0.25) is 0 Å². The second kappa shape index (κ2) is 7.61. The highest BCUT2D eigenvalue weighted by atomic mass is 32.1. The van der Waals surface area contributed by atoms with E-state index in [1.807, 2.05) is 43.3 Å². The molecular weight excluding hydrogens is 334 g/mol. The van der Waals surface area contributed by atoms with Gasteiger partial charge in [-0.25, -0.2) is 4.98 Å². The van der Waals surface area contributed by atoms with Crippen molar-refractivity contribution in [3.05, 3.63) is 63.5 Å². The van der Waals surface area contributed by atoms with Gasteiger partial charge >= 0.3 is 0 Å². The number of hydrogen-bond donors (Lipinski definition) is 1. The normalized spacial score (nSPS) is 12.2. The van der Waals surface area contributed by atoms with Gasteiger partial charge in [-0.3, -0.25) is 14.2 Å². The van der Waals surface area contributed by atoms with E-state index in [4.69, 9.17) is 0 Å². The van der Waals surface area contributed by atoms with Crippen LogP contribution in [0.4, 0.5) is 0 Å². The lowest BCUT2D eigenvalue weighted by Crippen LogP contribution is -2.34. The molecule has 130 valence electrons. The molecule has 1 atom stereocenters. The molecule has 25 heavy (non-hydrogen) atoms. The summed E-state index contributed by atoms with van der Waals surface area (Å²) in [5.74, 6) is 0.0310. The Bertz CT molecular complexity index is 931. The molecule has 0 aliphatic rings. The van der Waals surface area contributed by atoms with Crippen LogP contribution in [0.25, 0.3) is 10.2 Å². The van der Waals surface area contributed by atoms with Crippen LogP contribution in [0.3, 0.4) is 0 Å². The number of aryl methyl sites for hydroxylation is 1. The minimum atomic E-state index is -0.183. The number of nitrogens with one attached hydrogen (secondary N) is 1. The Kier molecular flexibility index (Phi) is 5.28. The molecule has 3 rings (SSSR count). The molecule has 0 spiro atoms. The number of amides is 1. The van der Waals surface area contributed by atoms with Crippen molar-refractivity contribution in [3.63, 3.8) is 0 Å². The van der Waals surface area contributed by atoms with E-state index in [1.54, 1.807) is 0 Å². The molecule has 0 fully saturated rings. The molecule has 3 aromatic rings. The van der Waals surface area contributed by atoms with Gasteiger partial charge in [-0.15, -0.1) is 11.3 Å². The van der Waals surface area contributed by atoms with Crippen molar-refractivity contribution in [3.8, 4) is 0 Å². The van der Waals surface area contributed by atoms with Crippen molar-refractivity contribution in [2.24, 2.45) is 0 Å². The molecule has 0 aliphatic carbocycles. The van der Waals surface area contributed by atoms with Crippen molar-refractivity contribution in [2.75, 3.05) is 6.54 Å². The average Bonchev–Trinajstić information content (AvgIpc) is 3.07. The van der Waals surface area contributed by atoms with E-state index in [9.17, 15) is 9.59 Å². The summed E-state index contributed by atoms with van der Waals surface area (Å²) in [6.45, 7) is 4.63. The molecule has 0 radical (unpaired) electrons. The number of hydrogen-bond acceptors (Lipinski definition) is 4. The summed E-state index contributed by atoms with van der Waals surface area (Å²) in [5, 5.41) is 3.49. The highest BCUT2D eigenvalue weighted by Crippen LogP contribution is 2.20. The van der Waals surface area contributed by atoms with Gasteiger partial charge in [0, 0.05) is 11.4 Å². The predicted octanol–water partition coefficient (Wildman–Crippen LogP) is 2.94. The van der Waals surface area contributed by atoms with Gasteiger partial charge in [0.25, 0.3) is 5.56 Å². The summed E-state index contributed by atoms with van der Waals surface area (Å²) in [4.78, 5) is 30.9. The van der Waals surface area contributed by atoms with Gasteiger partial charge in [0.1, 0.15) is 11.4 Å². The fraction of sp³-hybridized carbons (Fsp3) is 0.316. The highest BCUT2D eigenvalue weighted by Gasteiger charge is 2.12. The summed E-state index contributed by atoms with van der Waals surface area (Å²) < 4.78 is 1.37. The fourth-order valence-corrected chi connectivity index (χ4v) is 3.60. The topological polar surface area (TPSA) is 64.0 Å². The lowest BCUT2D eigenvalue weighted by atomic mass is 10.0. The number of carbonyl (C=O) groups excluding carboxylic acids is 1. The Balaban J connectivity index is 1.66. The van der Waals surface area contributed by atoms with Crippen LogP contribution in [-0.2, 0) is 17.8 Å². The Morgan fingerprint density at radius 3 is 2.80 bits per heavy atom. The monoisotopic (exact) mass is 355 g/mol. The van der Waals surface area contributed by atoms with Crippen LogP contribution in [0.15, 0.2) is 47.5 Å². The van der Waals surface area contributed by atoms with Crippen LogP contribution in [0.1, 0.15) is 30.2 Å². The maximum absolute atomic E-state index is 12.5. The lowest BCUT2D eigenvalue weighted by molar-refractivity contribution is -0.121. The first-order chi connectivity index (χ1) is 12.1. The molecule has 6 heteroatoms. The van der Waals surface area contributed by atoms with Crippen LogP contribution in [0, 0.1) is 0 Å². The van der Waals surface area contributed by atoms with Crippen molar-refractivity contribution in [1.82, 2.24) is 14.9 Å². The second-order valence-corrected chi connectivity index (χ2v) is 7.19. The Morgan fingerprint density at radius 2 is 2.08 bits per heavy atom. The standard InChI is InChI=1S/C19H21N3O2S/c1-3-15-9-16-18(25-15)21-12-22(19(16)24)11-17(23)20-10-13(2)14-7-5-4-6-8-14/h4-9,12-13H,3,10-11H2,1-2H3,(H,20,23). The molecule has 1 aromatic carbocycles. The van der Waals surface area contributed by atoms with E-state index in [2.05, 4.69) is 17.2 Å². The zero-order chi connectivity index (χ0) is 17.8. The molecule has 2 heterocycles. The molecule has 1 N–H and O–H groups in total. The molecule has 5 nitrogen and oxygen atoms in total. The van der Waals surface area contributed by atoms with E-state index >= 15 is 0 Å². The van der Waals surface area contributed by atoms with Gasteiger partial charge < -0.3 is 5.32 Å². The minimum absolute atomic E-state index is 0.0133. The third-order valence-corrected chi connectivity index (χ3v) is 5.39. The first kappa shape index (κ1) is 17.4. The Morgan fingerprint density at radius 1 is 1.32 bits per heavy atom. The van der Waals surface area contributed by atoms with Crippen molar-refractivity contribution in [2.45, 2.75) is 32.7 Å². The van der Waals surface area contributed by atoms with E-state index in [1.165, 1.54) is 27.8 Å². The first-order valence-corrected chi connectivity index (χ1v) is 9.19. The van der Waals surface area contributed by atoms with Crippen molar-refractivity contribution in [1.29, 1.82) is 0 Å².